The van der Waals surface area contributed by atoms with Gasteiger partial charge in [-0.05, 0) is 26.2 Å². The van der Waals surface area contributed by atoms with Crippen molar-refractivity contribution in [1.29, 1.82) is 0 Å². The van der Waals surface area contributed by atoms with Crippen molar-refractivity contribution < 1.29 is 0 Å². The highest BCUT2D eigenvalue weighted by Crippen LogP contribution is 2.03. The summed E-state index contributed by atoms with van der Waals surface area (Å²) in [4.78, 5) is 4.70. The summed E-state index contributed by atoms with van der Waals surface area (Å²) in [6, 6.07) is 10.7. The van der Waals surface area contributed by atoms with Gasteiger partial charge in [0.25, 0.3) is 0 Å². The summed E-state index contributed by atoms with van der Waals surface area (Å²) in [6.07, 6.45) is 0. The standard InChI is InChI=1S/C13H22N2.C2H6/c1-4-15(11-10-14(2)3)12-13-8-6-5-7-9-13;1-2/h5-9H,4,10-12H2,1-3H3;1-2H3. The van der Waals surface area contributed by atoms with E-state index in [9.17, 15) is 0 Å². The molecule has 0 fully saturated rings. The number of hydrogen-bond acceptors (Lipinski definition) is 2. The highest BCUT2D eigenvalue weighted by Gasteiger charge is 2.03. The molecule has 0 atom stereocenters. The van der Waals surface area contributed by atoms with Gasteiger partial charge in [-0.15, -0.1) is 0 Å². The Morgan fingerprint density at radius 1 is 0.941 bits per heavy atom. The molecular weight excluding hydrogens is 208 g/mol. The maximum absolute atomic E-state index is 2.47. The lowest BCUT2D eigenvalue weighted by Crippen LogP contribution is -2.31. The number of rotatable bonds is 6. The highest BCUT2D eigenvalue weighted by atomic mass is 15.2. The molecular formula is C15H28N2. The molecule has 0 radical (unpaired) electrons. The van der Waals surface area contributed by atoms with E-state index in [0.717, 1.165) is 26.2 Å². The number of likely N-dealkylation sites (N-methyl/N-ethyl adjacent to an activating group) is 2. The Hall–Kier alpha value is -0.860. The first-order valence-corrected chi connectivity index (χ1v) is 6.63. The second-order valence-corrected chi connectivity index (χ2v) is 4.16. The molecule has 0 aliphatic heterocycles. The predicted molar refractivity (Wildman–Crippen MR) is 77.3 cm³/mol. The van der Waals surface area contributed by atoms with Crippen LogP contribution in [0, 0.1) is 0 Å². The first-order valence-electron chi connectivity index (χ1n) is 6.63. The summed E-state index contributed by atoms with van der Waals surface area (Å²) in [7, 11) is 4.24. The van der Waals surface area contributed by atoms with Crippen LogP contribution in [0.2, 0.25) is 0 Å². The summed E-state index contributed by atoms with van der Waals surface area (Å²) >= 11 is 0. The molecule has 0 aromatic heterocycles. The van der Waals surface area contributed by atoms with Gasteiger partial charge >= 0.3 is 0 Å². The van der Waals surface area contributed by atoms with E-state index in [1.165, 1.54) is 5.56 Å². The summed E-state index contributed by atoms with van der Waals surface area (Å²) < 4.78 is 0. The van der Waals surface area contributed by atoms with Gasteiger partial charge in [-0.1, -0.05) is 51.1 Å². The average Bonchev–Trinajstić information content (AvgIpc) is 2.38. The van der Waals surface area contributed by atoms with Gasteiger partial charge in [0, 0.05) is 19.6 Å². The van der Waals surface area contributed by atoms with E-state index in [1.54, 1.807) is 0 Å². The minimum Gasteiger partial charge on any atom is -0.308 e. The highest BCUT2D eigenvalue weighted by molar-refractivity contribution is 5.14. The first-order chi connectivity index (χ1) is 8.22. The van der Waals surface area contributed by atoms with Crippen LogP contribution in [0.3, 0.4) is 0 Å². The van der Waals surface area contributed by atoms with Crippen molar-refractivity contribution >= 4 is 0 Å². The molecule has 0 unspecified atom stereocenters. The Morgan fingerprint density at radius 2 is 1.53 bits per heavy atom. The molecule has 17 heavy (non-hydrogen) atoms. The second-order valence-electron chi connectivity index (χ2n) is 4.16. The fraction of sp³-hybridized carbons (Fsp3) is 0.600. The van der Waals surface area contributed by atoms with Crippen LogP contribution in [0.4, 0.5) is 0 Å². The van der Waals surface area contributed by atoms with Crippen LogP contribution >= 0.6 is 0 Å². The molecule has 0 bridgehead atoms. The predicted octanol–water partition coefficient (Wildman–Crippen LogP) is 3.10. The third kappa shape index (κ3) is 7.94. The van der Waals surface area contributed by atoms with Gasteiger partial charge < -0.3 is 4.90 Å². The van der Waals surface area contributed by atoms with Gasteiger partial charge in [-0.2, -0.15) is 0 Å². The first kappa shape index (κ1) is 16.1. The fourth-order valence-corrected chi connectivity index (χ4v) is 1.53. The summed E-state index contributed by atoms with van der Waals surface area (Å²) in [5.41, 5.74) is 1.40. The van der Waals surface area contributed by atoms with Crippen molar-refractivity contribution in [3.05, 3.63) is 35.9 Å². The van der Waals surface area contributed by atoms with Crippen LogP contribution in [0.5, 0.6) is 0 Å². The zero-order chi connectivity index (χ0) is 13.1. The third-order valence-electron chi connectivity index (χ3n) is 2.56. The lowest BCUT2D eigenvalue weighted by molar-refractivity contribution is 0.244. The van der Waals surface area contributed by atoms with Gasteiger partial charge in [0.15, 0.2) is 0 Å². The molecule has 0 aliphatic carbocycles. The van der Waals surface area contributed by atoms with E-state index in [2.05, 4.69) is 61.2 Å². The van der Waals surface area contributed by atoms with E-state index >= 15 is 0 Å². The van der Waals surface area contributed by atoms with Gasteiger partial charge in [0.05, 0.1) is 0 Å². The van der Waals surface area contributed by atoms with E-state index in [0.29, 0.717) is 0 Å². The second kappa shape index (κ2) is 10.3. The Balaban J connectivity index is 0.00000121. The molecule has 98 valence electrons. The molecule has 0 heterocycles. The molecule has 1 aromatic rings. The van der Waals surface area contributed by atoms with Crippen molar-refractivity contribution in [2.45, 2.75) is 27.3 Å². The van der Waals surface area contributed by atoms with Crippen molar-refractivity contribution in [2.75, 3.05) is 33.7 Å². The quantitative estimate of drug-likeness (QED) is 0.749. The van der Waals surface area contributed by atoms with Crippen LogP contribution in [-0.2, 0) is 6.54 Å². The minimum atomic E-state index is 1.06. The minimum absolute atomic E-state index is 1.06. The molecule has 2 heteroatoms. The summed E-state index contributed by atoms with van der Waals surface area (Å²) in [6.45, 7) is 10.7. The summed E-state index contributed by atoms with van der Waals surface area (Å²) in [5.74, 6) is 0. The molecule has 0 aliphatic rings. The molecule has 0 amide bonds. The molecule has 2 nitrogen and oxygen atoms in total. The zero-order valence-corrected chi connectivity index (χ0v) is 12.1. The topological polar surface area (TPSA) is 6.48 Å². The van der Waals surface area contributed by atoms with Gasteiger partial charge in [0.1, 0.15) is 0 Å². The lowest BCUT2D eigenvalue weighted by Gasteiger charge is -2.22. The maximum atomic E-state index is 2.47. The largest absolute Gasteiger partial charge is 0.308 e. The number of nitrogens with zero attached hydrogens (tertiary/aromatic N) is 2. The monoisotopic (exact) mass is 236 g/mol. The lowest BCUT2D eigenvalue weighted by atomic mass is 10.2. The summed E-state index contributed by atoms with van der Waals surface area (Å²) in [5, 5.41) is 0. The number of benzene rings is 1. The van der Waals surface area contributed by atoms with Gasteiger partial charge in [0.2, 0.25) is 0 Å². The SMILES string of the molecule is CC.CCN(CCN(C)C)Cc1ccccc1. The smallest absolute Gasteiger partial charge is 0.0234 e. The molecule has 1 rings (SSSR count). The van der Waals surface area contributed by atoms with Crippen LogP contribution in [0.25, 0.3) is 0 Å². The van der Waals surface area contributed by atoms with Crippen molar-refractivity contribution in [3.8, 4) is 0 Å². The van der Waals surface area contributed by atoms with Crippen molar-refractivity contribution in [3.63, 3.8) is 0 Å². The van der Waals surface area contributed by atoms with Crippen molar-refractivity contribution in [2.24, 2.45) is 0 Å². The van der Waals surface area contributed by atoms with E-state index < -0.39 is 0 Å². The average molecular weight is 236 g/mol. The third-order valence-corrected chi connectivity index (χ3v) is 2.56. The maximum Gasteiger partial charge on any atom is 0.0234 e. The van der Waals surface area contributed by atoms with Gasteiger partial charge in [-0.3, -0.25) is 4.90 Å². The number of hydrogen-bond donors (Lipinski definition) is 0. The van der Waals surface area contributed by atoms with E-state index in [4.69, 9.17) is 0 Å². The fourth-order valence-electron chi connectivity index (χ4n) is 1.53. The molecule has 1 aromatic carbocycles. The Bertz CT molecular complexity index is 257. The van der Waals surface area contributed by atoms with Crippen LogP contribution in [0.15, 0.2) is 30.3 Å². The Morgan fingerprint density at radius 3 is 2.00 bits per heavy atom. The van der Waals surface area contributed by atoms with Crippen LogP contribution in [-0.4, -0.2) is 43.5 Å². The van der Waals surface area contributed by atoms with E-state index in [1.807, 2.05) is 13.8 Å². The van der Waals surface area contributed by atoms with Crippen LogP contribution in [0.1, 0.15) is 26.3 Å². The molecule has 0 spiro atoms. The molecule has 0 saturated carbocycles. The molecule has 0 N–H and O–H groups in total. The molecule has 0 saturated heterocycles. The normalized spacial score (nSPS) is 10.3. The van der Waals surface area contributed by atoms with Crippen LogP contribution < -0.4 is 0 Å². The zero-order valence-electron chi connectivity index (χ0n) is 12.1. The van der Waals surface area contributed by atoms with Crippen molar-refractivity contribution in [1.82, 2.24) is 9.80 Å². The Labute approximate surface area is 107 Å². The van der Waals surface area contributed by atoms with Gasteiger partial charge in [-0.25, -0.2) is 0 Å². The Kier molecular flexibility index (Phi) is 9.78. The van der Waals surface area contributed by atoms with E-state index in [-0.39, 0.29) is 0 Å².